The van der Waals surface area contributed by atoms with E-state index in [0.717, 1.165) is 33.8 Å². The molecule has 150 valence electrons. The van der Waals surface area contributed by atoms with E-state index in [4.69, 9.17) is 11.7 Å². The minimum Gasteiger partial charge on any atom is -0.297 e. The quantitative estimate of drug-likeness (QED) is 0.258. The second-order valence-electron chi connectivity index (χ2n) is 6.25. The van der Waals surface area contributed by atoms with E-state index in [1.807, 2.05) is 0 Å². The fourth-order valence-electron chi connectivity index (χ4n) is 2.67. The highest BCUT2D eigenvalue weighted by Crippen LogP contribution is 2.13. The smallest absolute Gasteiger partial charge is 0.268 e. The maximum absolute atomic E-state index is 12.5. The predicted molar refractivity (Wildman–Crippen MR) is 97.5 cm³/mol. The van der Waals surface area contributed by atoms with E-state index in [1.165, 1.54) is 18.2 Å². The lowest BCUT2D eigenvalue weighted by Gasteiger charge is -2.24. The van der Waals surface area contributed by atoms with E-state index in [0.29, 0.717) is 10.0 Å². The van der Waals surface area contributed by atoms with Crippen LogP contribution in [0.25, 0.3) is 0 Å². The number of hydrogen-bond donors (Lipinski definition) is 2. The van der Waals surface area contributed by atoms with Gasteiger partial charge in [0, 0.05) is 11.1 Å². The summed E-state index contributed by atoms with van der Waals surface area (Å²) in [6.07, 6.45) is 0. The van der Waals surface area contributed by atoms with Gasteiger partial charge in [0.1, 0.15) is 0 Å². The molecule has 10 heteroatoms. The average Bonchev–Trinajstić information content (AvgIpc) is 2.59. The third-order valence-corrected chi connectivity index (χ3v) is 3.92. The average molecular weight is 390 g/mol. The van der Waals surface area contributed by atoms with Crippen molar-refractivity contribution in [2.45, 2.75) is 39.8 Å². The third kappa shape index (κ3) is 4.93. The van der Waals surface area contributed by atoms with Crippen LogP contribution in [0.2, 0.25) is 0 Å². The Bertz CT molecular complexity index is 757. The monoisotopic (exact) mass is 390 g/mol. The molecule has 0 radical (unpaired) electrons. The molecular formula is C18H22N4O6. The van der Waals surface area contributed by atoms with Crippen LogP contribution in [-0.2, 0) is 19.2 Å². The third-order valence-electron chi connectivity index (χ3n) is 3.92. The van der Waals surface area contributed by atoms with Gasteiger partial charge in [0.15, 0.2) is 35.2 Å². The van der Waals surface area contributed by atoms with Crippen molar-refractivity contribution in [3.8, 4) is 0 Å². The number of rotatable bonds is 8. The lowest BCUT2D eigenvalue weighted by atomic mass is 10.0. The molecule has 1 aromatic carbocycles. The maximum Gasteiger partial charge on any atom is 0.268 e. The van der Waals surface area contributed by atoms with Crippen LogP contribution in [-0.4, -0.2) is 57.0 Å². The molecule has 28 heavy (non-hydrogen) atoms. The second-order valence-corrected chi connectivity index (χ2v) is 6.25. The van der Waals surface area contributed by atoms with Crippen molar-refractivity contribution in [2.75, 3.05) is 0 Å². The van der Waals surface area contributed by atoms with Gasteiger partial charge in [-0.1, -0.05) is 6.07 Å². The van der Waals surface area contributed by atoms with Crippen molar-refractivity contribution in [3.63, 3.8) is 0 Å². The molecular weight excluding hydrogens is 368 g/mol. The van der Waals surface area contributed by atoms with Gasteiger partial charge in [-0.05, 0) is 45.9 Å². The van der Waals surface area contributed by atoms with E-state index in [1.54, 1.807) is 0 Å². The Balaban J connectivity index is 3.21. The highest BCUT2D eigenvalue weighted by molar-refractivity contribution is 6.10. The zero-order chi connectivity index (χ0) is 21.8. The van der Waals surface area contributed by atoms with Crippen molar-refractivity contribution in [3.05, 3.63) is 35.4 Å². The molecule has 2 amide bonds. The molecule has 0 aromatic heterocycles. The molecule has 4 N–H and O–H groups in total. The summed E-state index contributed by atoms with van der Waals surface area (Å²) in [5.41, 5.74) is -0.173. The van der Waals surface area contributed by atoms with Crippen molar-refractivity contribution < 1.29 is 28.8 Å². The Kier molecular flexibility index (Phi) is 7.42. The SMILES string of the molecule is CC(=O)C(C(C)=O)N(N)C(=O)c1cccc(C(=O)N(N)C(C(C)=O)C(C)=O)c1. The highest BCUT2D eigenvalue weighted by Gasteiger charge is 2.32. The summed E-state index contributed by atoms with van der Waals surface area (Å²) in [5.74, 6) is 7.07. The number of hydrazine groups is 2. The van der Waals surface area contributed by atoms with Gasteiger partial charge in [-0.2, -0.15) is 0 Å². The van der Waals surface area contributed by atoms with Crippen LogP contribution < -0.4 is 11.7 Å². The summed E-state index contributed by atoms with van der Waals surface area (Å²) in [4.78, 5) is 71.4. The molecule has 0 aliphatic rings. The minimum absolute atomic E-state index is 0.0866. The number of ketones is 4. The number of hydrogen-bond acceptors (Lipinski definition) is 8. The number of amides is 2. The fourth-order valence-corrected chi connectivity index (χ4v) is 2.67. The molecule has 0 spiro atoms. The molecule has 1 rings (SSSR count). The zero-order valence-electron chi connectivity index (χ0n) is 16.0. The molecule has 0 aliphatic carbocycles. The standard InChI is InChI=1S/C18H22N4O6/c1-9(23)15(10(2)24)21(19)17(27)13-6-5-7-14(8-13)18(28)22(20)16(11(3)25)12(4)26/h5-8,15-16H,19-20H2,1-4H3. The van der Waals surface area contributed by atoms with Crippen LogP contribution in [0.15, 0.2) is 24.3 Å². The molecule has 0 atom stereocenters. The Morgan fingerprint density at radius 1 is 0.679 bits per heavy atom. The summed E-state index contributed by atoms with van der Waals surface area (Å²) in [6, 6.07) is 2.22. The Hall–Kier alpha value is -3.24. The number of carbonyl (C=O) groups is 6. The van der Waals surface area contributed by atoms with Crippen LogP contribution >= 0.6 is 0 Å². The molecule has 0 aliphatic heterocycles. The Morgan fingerprint density at radius 2 is 0.964 bits per heavy atom. The van der Waals surface area contributed by atoms with Crippen LogP contribution in [0.5, 0.6) is 0 Å². The molecule has 0 fully saturated rings. The largest absolute Gasteiger partial charge is 0.297 e. The first-order valence-electron chi connectivity index (χ1n) is 8.18. The molecule has 0 saturated carbocycles. The number of benzene rings is 1. The molecule has 1 aromatic rings. The second kappa shape index (κ2) is 9.11. The predicted octanol–water partition coefficient (Wildman–Crippen LogP) is -0.588. The maximum atomic E-state index is 12.5. The molecule has 0 unspecified atom stereocenters. The van der Waals surface area contributed by atoms with Gasteiger partial charge in [-0.15, -0.1) is 0 Å². The van der Waals surface area contributed by atoms with Gasteiger partial charge in [0.25, 0.3) is 11.8 Å². The molecule has 10 nitrogen and oxygen atoms in total. The Morgan fingerprint density at radius 3 is 1.21 bits per heavy atom. The topological polar surface area (TPSA) is 161 Å². The number of nitrogens with two attached hydrogens (primary N) is 2. The van der Waals surface area contributed by atoms with Crippen molar-refractivity contribution >= 4 is 34.9 Å². The summed E-state index contributed by atoms with van der Waals surface area (Å²) >= 11 is 0. The normalized spacial score (nSPS) is 10.6. The van der Waals surface area contributed by atoms with E-state index in [9.17, 15) is 28.8 Å². The van der Waals surface area contributed by atoms with Crippen LogP contribution in [0.1, 0.15) is 48.4 Å². The van der Waals surface area contributed by atoms with Gasteiger partial charge in [-0.3, -0.25) is 38.8 Å². The summed E-state index contributed by atoms with van der Waals surface area (Å²) in [7, 11) is 0. The van der Waals surface area contributed by atoms with Crippen molar-refractivity contribution in [2.24, 2.45) is 11.7 Å². The van der Waals surface area contributed by atoms with Crippen LogP contribution in [0.3, 0.4) is 0 Å². The lowest BCUT2D eigenvalue weighted by Crippen LogP contribution is -2.53. The minimum atomic E-state index is -1.46. The summed E-state index contributed by atoms with van der Waals surface area (Å²) in [6.45, 7) is 4.48. The van der Waals surface area contributed by atoms with E-state index < -0.39 is 47.0 Å². The first-order chi connectivity index (χ1) is 12.9. The van der Waals surface area contributed by atoms with Gasteiger partial charge >= 0.3 is 0 Å². The van der Waals surface area contributed by atoms with Crippen LogP contribution in [0, 0.1) is 0 Å². The van der Waals surface area contributed by atoms with E-state index in [-0.39, 0.29) is 11.1 Å². The zero-order valence-corrected chi connectivity index (χ0v) is 16.0. The fraction of sp³-hybridized carbons (Fsp3) is 0.333. The summed E-state index contributed by atoms with van der Waals surface area (Å²) in [5, 5.41) is 0.977. The lowest BCUT2D eigenvalue weighted by molar-refractivity contribution is -0.132. The first kappa shape index (κ1) is 22.8. The van der Waals surface area contributed by atoms with Crippen molar-refractivity contribution in [1.29, 1.82) is 0 Å². The molecule has 0 saturated heterocycles. The van der Waals surface area contributed by atoms with Crippen LogP contribution in [0.4, 0.5) is 0 Å². The Labute approximate surface area is 161 Å². The molecule has 0 bridgehead atoms. The number of Topliss-reactive ketones (excluding diaryl/α,β-unsaturated/α-hetero) is 4. The van der Waals surface area contributed by atoms with E-state index in [2.05, 4.69) is 0 Å². The highest BCUT2D eigenvalue weighted by atomic mass is 16.2. The van der Waals surface area contributed by atoms with E-state index >= 15 is 0 Å². The van der Waals surface area contributed by atoms with Gasteiger partial charge in [0.05, 0.1) is 0 Å². The first-order valence-corrected chi connectivity index (χ1v) is 8.18. The number of carbonyl (C=O) groups excluding carboxylic acids is 6. The van der Waals surface area contributed by atoms with Gasteiger partial charge in [0.2, 0.25) is 0 Å². The van der Waals surface area contributed by atoms with Gasteiger partial charge < -0.3 is 0 Å². The van der Waals surface area contributed by atoms with Gasteiger partial charge in [-0.25, -0.2) is 11.7 Å². The number of nitrogens with zero attached hydrogens (tertiary/aromatic N) is 2. The van der Waals surface area contributed by atoms with Crippen molar-refractivity contribution in [1.82, 2.24) is 10.0 Å². The summed E-state index contributed by atoms with van der Waals surface area (Å²) < 4.78 is 0. The molecule has 0 heterocycles.